The molecule has 0 aromatic heterocycles. The number of alkyl halides is 3. The lowest BCUT2D eigenvalue weighted by molar-refractivity contribution is -0.132. The molecule has 0 saturated heterocycles. The number of anilines is 1. The number of thioether (sulfide) groups is 1. The Labute approximate surface area is 120 Å². The molecule has 4 nitrogen and oxygen atoms in total. The minimum absolute atomic E-state index is 0.236. The summed E-state index contributed by atoms with van der Waals surface area (Å²) in [4.78, 5) is 0.852. The van der Waals surface area contributed by atoms with Crippen molar-refractivity contribution in [2.75, 3.05) is 23.8 Å². The molecule has 0 fully saturated rings. The van der Waals surface area contributed by atoms with E-state index in [9.17, 15) is 21.6 Å². The maximum atomic E-state index is 11.9. The Hall–Kier alpha value is -0.930. The number of hydrogen-bond donors (Lipinski definition) is 2. The summed E-state index contributed by atoms with van der Waals surface area (Å²) >= 11 is 1.30. The van der Waals surface area contributed by atoms with Gasteiger partial charge in [0.25, 0.3) is 0 Å². The summed E-state index contributed by atoms with van der Waals surface area (Å²) in [6.45, 7) is -0.627. The van der Waals surface area contributed by atoms with Crippen LogP contribution in [-0.4, -0.2) is 32.6 Å². The lowest BCUT2D eigenvalue weighted by Crippen LogP contribution is -2.30. The normalized spacial score (nSPS) is 12.6. The molecule has 0 aliphatic rings. The highest BCUT2D eigenvalue weighted by atomic mass is 32.2. The summed E-state index contributed by atoms with van der Waals surface area (Å²) in [6, 6.07) is 6.89. The van der Waals surface area contributed by atoms with Crippen LogP contribution in [0.1, 0.15) is 6.42 Å². The van der Waals surface area contributed by atoms with Crippen molar-refractivity contribution in [3.63, 3.8) is 0 Å². The fraction of sp³-hybridized carbons (Fsp3) is 0.455. The summed E-state index contributed by atoms with van der Waals surface area (Å²) in [6.07, 6.45) is -5.53. The smallest absolute Gasteiger partial charge is 0.390 e. The van der Waals surface area contributed by atoms with Crippen LogP contribution in [0.4, 0.5) is 18.9 Å². The van der Waals surface area contributed by atoms with Gasteiger partial charge in [0.2, 0.25) is 10.0 Å². The van der Waals surface area contributed by atoms with Gasteiger partial charge >= 0.3 is 6.18 Å². The zero-order valence-electron chi connectivity index (χ0n) is 10.5. The molecule has 114 valence electrons. The number of nitrogen functional groups attached to an aromatic ring is 1. The highest BCUT2D eigenvalue weighted by Crippen LogP contribution is 2.20. The predicted molar refractivity (Wildman–Crippen MR) is 74.0 cm³/mol. The lowest BCUT2D eigenvalue weighted by Gasteiger charge is -2.08. The molecule has 3 N–H and O–H groups in total. The molecule has 0 atom stereocenters. The van der Waals surface area contributed by atoms with Gasteiger partial charge in [-0.25, -0.2) is 13.1 Å². The molecular formula is C11H15F3N2O2S2. The number of nitrogens with two attached hydrogens (primary N) is 1. The maximum absolute atomic E-state index is 11.9. The summed E-state index contributed by atoms with van der Waals surface area (Å²) in [7, 11) is -3.68. The molecule has 0 amide bonds. The molecule has 0 heterocycles. The third kappa shape index (κ3) is 7.61. The monoisotopic (exact) mass is 328 g/mol. The van der Waals surface area contributed by atoms with E-state index in [0.717, 1.165) is 4.90 Å². The first-order valence-corrected chi connectivity index (χ1v) is 8.34. The second-order valence-electron chi connectivity index (χ2n) is 4.00. The van der Waals surface area contributed by atoms with E-state index < -0.39 is 29.2 Å². The van der Waals surface area contributed by atoms with Crippen LogP contribution in [0, 0.1) is 0 Å². The van der Waals surface area contributed by atoms with E-state index in [1.807, 2.05) is 4.72 Å². The average molecular weight is 328 g/mol. The fourth-order valence-corrected chi connectivity index (χ4v) is 3.59. The van der Waals surface area contributed by atoms with E-state index in [1.165, 1.54) is 11.8 Å². The van der Waals surface area contributed by atoms with Crippen molar-refractivity contribution in [2.24, 2.45) is 0 Å². The van der Waals surface area contributed by atoms with Crippen LogP contribution in [0.25, 0.3) is 0 Å². The zero-order chi connectivity index (χ0) is 15.2. The number of hydrogen-bond acceptors (Lipinski definition) is 4. The van der Waals surface area contributed by atoms with Crippen molar-refractivity contribution in [2.45, 2.75) is 17.5 Å². The Balaban J connectivity index is 2.31. The van der Waals surface area contributed by atoms with Gasteiger partial charge in [0.1, 0.15) is 0 Å². The van der Waals surface area contributed by atoms with Gasteiger partial charge in [-0.2, -0.15) is 13.2 Å². The van der Waals surface area contributed by atoms with Crippen LogP contribution >= 0.6 is 11.8 Å². The molecule has 0 bridgehead atoms. The van der Waals surface area contributed by atoms with Crippen molar-refractivity contribution < 1.29 is 21.6 Å². The number of benzene rings is 1. The van der Waals surface area contributed by atoms with E-state index in [-0.39, 0.29) is 11.5 Å². The predicted octanol–water partition coefficient (Wildman–Crippen LogP) is 2.23. The molecule has 0 aliphatic carbocycles. The minimum atomic E-state index is -4.36. The quantitative estimate of drug-likeness (QED) is 0.595. The van der Waals surface area contributed by atoms with Gasteiger partial charge in [-0.3, -0.25) is 0 Å². The molecule has 1 aromatic rings. The highest BCUT2D eigenvalue weighted by Gasteiger charge is 2.27. The molecule has 1 aromatic carbocycles. The van der Waals surface area contributed by atoms with E-state index in [1.54, 1.807) is 24.3 Å². The highest BCUT2D eigenvalue weighted by molar-refractivity contribution is 8.00. The molecular weight excluding hydrogens is 313 g/mol. The molecule has 0 spiro atoms. The van der Waals surface area contributed by atoms with Crippen molar-refractivity contribution in [1.29, 1.82) is 0 Å². The SMILES string of the molecule is Nc1ccc(SCCS(=O)(=O)NCCC(F)(F)F)cc1. The van der Waals surface area contributed by atoms with Gasteiger partial charge in [-0.15, -0.1) is 11.8 Å². The van der Waals surface area contributed by atoms with Crippen LogP contribution in [0.15, 0.2) is 29.2 Å². The van der Waals surface area contributed by atoms with Gasteiger partial charge in [0.15, 0.2) is 0 Å². The van der Waals surface area contributed by atoms with Gasteiger partial charge in [-0.05, 0) is 24.3 Å². The van der Waals surface area contributed by atoms with Gasteiger partial charge in [-0.1, -0.05) is 0 Å². The van der Waals surface area contributed by atoms with E-state index >= 15 is 0 Å². The second kappa shape index (κ2) is 7.19. The first kappa shape index (κ1) is 17.1. The summed E-state index contributed by atoms with van der Waals surface area (Å²) in [5, 5.41) is 0. The summed E-state index contributed by atoms with van der Waals surface area (Å²) in [5.41, 5.74) is 6.11. The van der Waals surface area contributed by atoms with Crippen LogP contribution in [0.5, 0.6) is 0 Å². The Morgan fingerprint density at radius 1 is 1.20 bits per heavy atom. The Morgan fingerprint density at radius 3 is 2.35 bits per heavy atom. The standard InChI is InChI=1S/C11H15F3N2O2S2/c12-11(13,14)5-6-16-20(17,18)8-7-19-10-3-1-9(15)2-4-10/h1-4,16H,5-8,15H2. The Kier molecular flexibility index (Phi) is 6.15. The fourth-order valence-electron chi connectivity index (χ4n) is 1.25. The molecule has 0 saturated carbocycles. The number of halogens is 3. The van der Waals surface area contributed by atoms with Crippen molar-refractivity contribution in [3.05, 3.63) is 24.3 Å². The first-order valence-electron chi connectivity index (χ1n) is 5.70. The zero-order valence-corrected chi connectivity index (χ0v) is 12.1. The van der Waals surface area contributed by atoms with Gasteiger partial charge in [0, 0.05) is 22.9 Å². The van der Waals surface area contributed by atoms with Crippen LogP contribution in [0.2, 0.25) is 0 Å². The van der Waals surface area contributed by atoms with Crippen LogP contribution < -0.4 is 10.5 Å². The number of rotatable bonds is 7. The number of nitrogens with one attached hydrogen (secondary N) is 1. The minimum Gasteiger partial charge on any atom is -0.399 e. The summed E-state index contributed by atoms with van der Waals surface area (Å²) in [5.74, 6) is 0.0190. The third-order valence-electron chi connectivity index (χ3n) is 2.23. The number of sulfonamides is 1. The molecule has 0 unspecified atom stereocenters. The average Bonchev–Trinajstić information content (AvgIpc) is 2.29. The van der Waals surface area contributed by atoms with Crippen molar-refractivity contribution in [3.8, 4) is 0 Å². The van der Waals surface area contributed by atoms with Crippen LogP contribution in [-0.2, 0) is 10.0 Å². The van der Waals surface area contributed by atoms with Crippen molar-refractivity contribution >= 4 is 27.5 Å². The second-order valence-corrected chi connectivity index (χ2v) is 7.09. The third-order valence-corrected chi connectivity index (χ3v) is 4.89. The molecule has 9 heteroatoms. The first-order chi connectivity index (χ1) is 9.18. The van der Waals surface area contributed by atoms with E-state index in [4.69, 9.17) is 5.73 Å². The largest absolute Gasteiger partial charge is 0.399 e. The Bertz CT molecular complexity index is 515. The molecule has 20 heavy (non-hydrogen) atoms. The maximum Gasteiger partial charge on any atom is 0.390 e. The molecule has 0 radical (unpaired) electrons. The van der Waals surface area contributed by atoms with Crippen molar-refractivity contribution in [1.82, 2.24) is 4.72 Å². The summed E-state index contributed by atoms with van der Waals surface area (Å²) < 4.78 is 60.5. The van der Waals surface area contributed by atoms with Crippen LogP contribution in [0.3, 0.4) is 0 Å². The van der Waals surface area contributed by atoms with E-state index in [0.29, 0.717) is 5.69 Å². The van der Waals surface area contributed by atoms with E-state index in [2.05, 4.69) is 0 Å². The topological polar surface area (TPSA) is 72.2 Å². The van der Waals surface area contributed by atoms with Gasteiger partial charge < -0.3 is 5.73 Å². The Morgan fingerprint density at radius 2 is 1.80 bits per heavy atom. The van der Waals surface area contributed by atoms with Gasteiger partial charge in [0.05, 0.1) is 12.2 Å². The lowest BCUT2D eigenvalue weighted by atomic mass is 10.3. The molecule has 0 aliphatic heterocycles. The molecule has 1 rings (SSSR count).